The molecule has 2 N–H and O–H groups in total. The summed E-state index contributed by atoms with van der Waals surface area (Å²) in [5, 5.41) is 6.16. The Kier molecular flexibility index (Phi) is 4.39. The Morgan fingerprint density at radius 1 is 1.21 bits per heavy atom. The van der Waals surface area contributed by atoms with Crippen LogP contribution >= 0.6 is 12.4 Å². The summed E-state index contributed by atoms with van der Waals surface area (Å²) in [6.45, 7) is 1.47. The number of hydrogen-bond donors (Lipinski definition) is 2. The third-order valence-corrected chi connectivity index (χ3v) is 3.62. The predicted octanol–water partition coefficient (Wildman–Crippen LogP) is 0.818. The molecule has 1 aromatic carbocycles. The van der Waals surface area contributed by atoms with Crippen LogP contribution in [0.1, 0.15) is 11.5 Å². The van der Waals surface area contributed by atoms with Crippen molar-refractivity contribution in [3.05, 3.63) is 35.6 Å². The highest BCUT2D eigenvalue weighted by molar-refractivity contribution is 5.85. The van der Waals surface area contributed by atoms with Gasteiger partial charge in [-0.05, 0) is 17.7 Å². The van der Waals surface area contributed by atoms with E-state index < -0.39 is 0 Å². The van der Waals surface area contributed by atoms with Crippen LogP contribution in [0.15, 0.2) is 24.3 Å². The number of carbonyl (C=O) groups excluding carboxylic acids is 1. The van der Waals surface area contributed by atoms with Crippen molar-refractivity contribution in [3.63, 3.8) is 0 Å². The molecule has 104 valence electrons. The zero-order valence-electron chi connectivity index (χ0n) is 10.3. The molecule has 0 spiro atoms. The molecule has 3 rings (SSSR count). The van der Waals surface area contributed by atoms with Gasteiger partial charge in [-0.25, -0.2) is 4.39 Å². The Labute approximate surface area is 117 Å². The summed E-state index contributed by atoms with van der Waals surface area (Å²) >= 11 is 0. The van der Waals surface area contributed by atoms with Crippen molar-refractivity contribution in [1.29, 1.82) is 0 Å². The molecule has 1 amide bonds. The van der Waals surface area contributed by atoms with Crippen molar-refractivity contribution >= 4 is 18.3 Å². The SMILES string of the molecule is Cl.O=C1CO[C@@H]2[C@@H](c3ccc(F)cc3)CN[C@@H]2CN1. The van der Waals surface area contributed by atoms with Gasteiger partial charge in [0, 0.05) is 19.0 Å². The van der Waals surface area contributed by atoms with Gasteiger partial charge in [-0.15, -0.1) is 12.4 Å². The number of nitrogens with one attached hydrogen (secondary N) is 2. The van der Waals surface area contributed by atoms with E-state index >= 15 is 0 Å². The van der Waals surface area contributed by atoms with Crippen LogP contribution in [0, 0.1) is 5.82 Å². The number of halogens is 2. The first-order valence-electron chi connectivity index (χ1n) is 6.11. The second-order valence-corrected chi connectivity index (χ2v) is 4.75. The van der Waals surface area contributed by atoms with Crippen molar-refractivity contribution in [2.45, 2.75) is 18.1 Å². The molecule has 4 nitrogen and oxygen atoms in total. The molecule has 0 radical (unpaired) electrons. The molecule has 3 atom stereocenters. The summed E-state index contributed by atoms with van der Waals surface area (Å²) in [5.74, 6) is -0.146. The van der Waals surface area contributed by atoms with Gasteiger partial charge in [0.1, 0.15) is 12.4 Å². The van der Waals surface area contributed by atoms with Crippen LogP contribution in [0.4, 0.5) is 4.39 Å². The monoisotopic (exact) mass is 286 g/mol. The molecule has 2 saturated heterocycles. The van der Waals surface area contributed by atoms with E-state index in [2.05, 4.69) is 10.6 Å². The molecule has 0 unspecified atom stereocenters. The topological polar surface area (TPSA) is 50.4 Å². The van der Waals surface area contributed by atoms with E-state index in [1.54, 1.807) is 12.1 Å². The Balaban J connectivity index is 0.00000133. The van der Waals surface area contributed by atoms with Gasteiger partial charge >= 0.3 is 0 Å². The predicted molar refractivity (Wildman–Crippen MR) is 70.9 cm³/mol. The summed E-state index contributed by atoms with van der Waals surface area (Å²) < 4.78 is 18.6. The summed E-state index contributed by atoms with van der Waals surface area (Å²) in [4.78, 5) is 11.3. The van der Waals surface area contributed by atoms with Gasteiger partial charge in [-0.3, -0.25) is 4.79 Å². The average molecular weight is 287 g/mol. The second-order valence-electron chi connectivity index (χ2n) is 4.75. The average Bonchev–Trinajstić information content (AvgIpc) is 2.69. The first-order chi connectivity index (χ1) is 8.74. The number of carbonyl (C=O) groups is 1. The Bertz CT molecular complexity index is 454. The largest absolute Gasteiger partial charge is 0.366 e. The van der Waals surface area contributed by atoms with E-state index in [0.717, 1.165) is 12.1 Å². The van der Waals surface area contributed by atoms with E-state index in [1.165, 1.54) is 12.1 Å². The molecule has 6 heteroatoms. The minimum Gasteiger partial charge on any atom is -0.366 e. The van der Waals surface area contributed by atoms with Gasteiger partial charge in [0.25, 0.3) is 0 Å². The minimum atomic E-state index is -0.236. The number of fused-ring (bicyclic) bond motifs is 1. The van der Waals surface area contributed by atoms with Gasteiger partial charge in [0.2, 0.25) is 5.91 Å². The van der Waals surface area contributed by atoms with Crippen LogP contribution < -0.4 is 10.6 Å². The summed E-state index contributed by atoms with van der Waals surface area (Å²) in [6, 6.07) is 6.62. The fourth-order valence-corrected chi connectivity index (χ4v) is 2.68. The lowest BCUT2D eigenvalue weighted by molar-refractivity contribution is -0.125. The highest BCUT2D eigenvalue weighted by Gasteiger charge is 2.39. The Morgan fingerprint density at radius 3 is 2.68 bits per heavy atom. The van der Waals surface area contributed by atoms with E-state index in [-0.39, 0.29) is 48.8 Å². The van der Waals surface area contributed by atoms with Crippen molar-refractivity contribution in [2.24, 2.45) is 0 Å². The van der Waals surface area contributed by atoms with Crippen molar-refractivity contribution in [1.82, 2.24) is 10.6 Å². The first-order valence-corrected chi connectivity index (χ1v) is 6.11. The lowest BCUT2D eigenvalue weighted by Gasteiger charge is -2.21. The molecule has 1 aromatic rings. The standard InChI is InChI=1S/C13H15FN2O2.ClH/c14-9-3-1-8(2-4-9)10-5-15-11-6-16-12(17)7-18-13(10)11;/h1-4,10-11,13,15H,5-7H2,(H,16,17);1H/t10-,11-,13-;/m1./s1. The molecule has 0 bridgehead atoms. The maximum absolute atomic E-state index is 12.9. The fourth-order valence-electron chi connectivity index (χ4n) is 2.68. The number of benzene rings is 1. The van der Waals surface area contributed by atoms with Crippen molar-refractivity contribution in [2.75, 3.05) is 19.7 Å². The van der Waals surface area contributed by atoms with Crippen LogP contribution in [-0.2, 0) is 9.53 Å². The third-order valence-electron chi connectivity index (χ3n) is 3.62. The minimum absolute atomic E-state index is 0. The van der Waals surface area contributed by atoms with Gasteiger partial charge < -0.3 is 15.4 Å². The third kappa shape index (κ3) is 2.88. The van der Waals surface area contributed by atoms with E-state index in [9.17, 15) is 9.18 Å². The number of hydrogen-bond acceptors (Lipinski definition) is 3. The van der Waals surface area contributed by atoms with Crippen LogP contribution in [0.2, 0.25) is 0 Å². The zero-order chi connectivity index (χ0) is 12.5. The van der Waals surface area contributed by atoms with E-state index in [4.69, 9.17) is 4.74 Å². The normalized spacial score (nSPS) is 29.9. The van der Waals surface area contributed by atoms with Crippen LogP contribution in [0.5, 0.6) is 0 Å². The van der Waals surface area contributed by atoms with Gasteiger partial charge in [0.05, 0.1) is 12.1 Å². The Morgan fingerprint density at radius 2 is 1.95 bits per heavy atom. The second kappa shape index (κ2) is 5.86. The maximum atomic E-state index is 12.9. The molecule has 0 saturated carbocycles. The van der Waals surface area contributed by atoms with Crippen LogP contribution in [-0.4, -0.2) is 37.7 Å². The van der Waals surface area contributed by atoms with E-state index in [1.807, 2.05) is 0 Å². The molecule has 2 fully saturated rings. The summed E-state index contributed by atoms with van der Waals surface area (Å²) in [5.41, 5.74) is 1.05. The molecule has 0 aliphatic carbocycles. The van der Waals surface area contributed by atoms with Crippen LogP contribution in [0.25, 0.3) is 0 Å². The smallest absolute Gasteiger partial charge is 0.246 e. The maximum Gasteiger partial charge on any atom is 0.246 e. The molecular weight excluding hydrogens is 271 g/mol. The van der Waals surface area contributed by atoms with Gasteiger partial charge in [0.15, 0.2) is 0 Å². The highest BCUT2D eigenvalue weighted by Crippen LogP contribution is 2.29. The fraction of sp³-hybridized carbons (Fsp3) is 0.462. The van der Waals surface area contributed by atoms with Crippen molar-refractivity contribution in [3.8, 4) is 0 Å². The van der Waals surface area contributed by atoms with Gasteiger partial charge in [-0.1, -0.05) is 12.1 Å². The number of ether oxygens (including phenoxy) is 1. The molecule has 2 heterocycles. The van der Waals surface area contributed by atoms with Crippen molar-refractivity contribution < 1.29 is 13.9 Å². The molecule has 2 aliphatic rings. The van der Waals surface area contributed by atoms with Gasteiger partial charge in [-0.2, -0.15) is 0 Å². The zero-order valence-corrected chi connectivity index (χ0v) is 11.1. The molecule has 2 aliphatic heterocycles. The number of rotatable bonds is 1. The highest BCUT2D eigenvalue weighted by atomic mass is 35.5. The summed E-state index contributed by atoms with van der Waals surface area (Å²) in [6.07, 6.45) is -0.0330. The molecular formula is C13H16ClFN2O2. The molecule has 0 aromatic heterocycles. The Hall–Kier alpha value is -1.17. The lowest BCUT2D eigenvalue weighted by atomic mass is 9.93. The molecule has 19 heavy (non-hydrogen) atoms. The van der Waals surface area contributed by atoms with Crippen LogP contribution in [0.3, 0.4) is 0 Å². The van der Waals surface area contributed by atoms with E-state index in [0.29, 0.717) is 6.54 Å². The quantitative estimate of drug-likeness (QED) is 0.804. The number of amides is 1. The summed E-state index contributed by atoms with van der Waals surface area (Å²) in [7, 11) is 0. The first kappa shape index (κ1) is 14.2. The lowest BCUT2D eigenvalue weighted by Crippen LogP contribution is -2.39.